The monoisotopic (exact) mass is 265 g/mol. The Kier molecular flexibility index (Phi) is 2.16. The quantitative estimate of drug-likeness (QED) is 0.772. The molecule has 0 unspecified atom stereocenters. The molecule has 0 amide bonds. The topological polar surface area (TPSA) is 69.1 Å². The number of rotatable bonds is 2. The fraction of sp³-hybridized carbons (Fsp3) is 0.267. The van der Waals surface area contributed by atoms with Gasteiger partial charge in [-0.15, -0.1) is 0 Å². The van der Waals surface area contributed by atoms with E-state index in [0.717, 1.165) is 22.7 Å². The Morgan fingerprint density at radius 2 is 2.05 bits per heavy atom. The van der Waals surface area contributed by atoms with Crippen molar-refractivity contribution in [2.75, 3.05) is 5.73 Å². The van der Waals surface area contributed by atoms with Gasteiger partial charge in [-0.1, -0.05) is 13.0 Å². The first-order chi connectivity index (χ1) is 9.66. The molecule has 3 aromatic heterocycles. The summed E-state index contributed by atoms with van der Waals surface area (Å²) in [6.07, 6.45) is 8.13. The zero-order valence-corrected chi connectivity index (χ0v) is 11.2. The number of fused-ring (bicyclic) bond motifs is 1. The molecule has 1 fully saturated rings. The maximum Gasteiger partial charge on any atom is 0.155 e. The summed E-state index contributed by atoms with van der Waals surface area (Å²) in [5.41, 5.74) is 9.72. The third-order valence-electron chi connectivity index (χ3n) is 4.05. The van der Waals surface area contributed by atoms with Crippen molar-refractivity contribution in [2.45, 2.75) is 25.2 Å². The first kappa shape index (κ1) is 11.4. The third-order valence-corrected chi connectivity index (χ3v) is 4.05. The van der Waals surface area contributed by atoms with Gasteiger partial charge < -0.3 is 5.73 Å². The number of aromatic nitrogens is 4. The second-order valence-electron chi connectivity index (χ2n) is 5.65. The lowest BCUT2D eigenvalue weighted by molar-refractivity contribution is 0.739. The largest absolute Gasteiger partial charge is 0.384 e. The van der Waals surface area contributed by atoms with Gasteiger partial charge in [-0.25, -0.2) is 9.97 Å². The Labute approximate surface area is 116 Å². The molecule has 3 aromatic rings. The lowest BCUT2D eigenvalue weighted by Crippen LogP contribution is -2.05. The number of hydrogen-bond donors (Lipinski definition) is 1. The maximum atomic E-state index is 5.76. The van der Waals surface area contributed by atoms with E-state index in [0.29, 0.717) is 5.82 Å². The summed E-state index contributed by atoms with van der Waals surface area (Å²) < 4.78 is 2.05. The first-order valence-electron chi connectivity index (χ1n) is 6.72. The van der Waals surface area contributed by atoms with Crippen LogP contribution in [0.3, 0.4) is 0 Å². The van der Waals surface area contributed by atoms with Gasteiger partial charge in [0.1, 0.15) is 5.82 Å². The highest BCUT2D eigenvalue weighted by Crippen LogP contribution is 2.46. The SMILES string of the molecule is CC1(c2cn3c(-c4cccc(N)n4)cnc3cn2)CC1. The molecule has 0 aromatic carbocycles. The van der Waals surface area contributed by atoms with E-state index in [1.54, 1.807) is 6.07 Å². The lowest BCUT2D eigenvalue weighted by Gasteiger charge is -2.09. The minimum absolute atomic E-state index is 0.235. The van der Waals surface area contributed by atoms with Crippen LogP contribution in [0, 0.1) is 0 Å². The molecule has 0 spiro atoms. The lowest BCUT2D eigenvalue weighted by atomic mass is 10.1. The van der Waals surface area contributed by atoms with Gasteiger partial charge in [0.05, 0.1) is 29.5 Å². The van der Waals surface area contributed by atoms with Crippen molar-refractivity contribution in [2.24, 2.45) is 0 Å². The molecule has 2 N–H and O–H groups in total. The number of imidazole rings is 1. The van der Waals surface area contributed by atoms with Gasteiger partial charge >= 0.3 is 0 Å². The van der Waals surface area contributed by atoms with E-state index in [2.05, 4.69) is 28.1 Å². The van der Waals surface area contributed by atoms with Crippen molar-refractivity contribution in [3.63, 3.8) is 0 Å². The van der Waals surface area contributed by atoms with E-state index >= 15 is 0 Å². The van der Waals surface area contributed by atoms with Gasteiger partial charge in [0, 0.05) is 11.6 Å². The van der Waals surface area contributed by atoms with Crippen molar-refractivity contribution >= 4 is 11.5 Å². The third kappa shape index (κ3) is 1.66. The van der Waals surface area contributed by atoms with E-state index in [1.165, 1.54) is 12.8 Å². The summed E-state index contributed by atoms with van der Waals surface area (Å²) >= 11 is 0. The number of hydrogen-bond acceptors (Lipinski definition) is 4. The van der Waals surface area contributed by atoms with Crippen molar-refractivity contribution in [3.05, 3.63) is 42.5 Å². The fourth-order valence-corrected chi connectivity index (χ4v) is 2.43. The second kappa shape index (κ2) is 3.79. The number of anilines is 1. The average molecular weight is 265 g/mol. The summed E-state index contributed by atoms with van der Waals surface area (Å²) in [7, 11) is 0. The Hall–Kier alpha value is -2.43. The normalized spacial score (nSPS) is 16.4. The molecular weight excluding hydrogens is 250 g/mol. The minimum Gasteiger partial charge on any atom is -0.384 e. The molecule has 0 aliphatic heterocycles. The van der Waals surface area contributed by atoms with Crippen molar-refractivity contribution < 1.29 is 0 Å². The van der Waals surface area contributed by atoms with Gasteiger partial charge in [-0.3, -0.25) is 9.38 Å². The molecule has 1 saturated carbocycles. The summed E-state index contributed by atoms with van der Waals surface area (Å²) in [5, 5.41) is 0. The molecule has 0 bridgehead atoms. The van der Waals surface area contributed by atoms with Crippen LogP contribution in [0.2, 0.25) is 0 Å². The highest BCUT2D eigenvalue weighted by molar-refractivity contribution is 5.61. The predicted molar refractivity (Wildman–Crippen MR) is 77.2 cm³/mol. The summed E-state index contributed by atoms with van der Waals surface area (Å²) in [6.45, 7) is 2.25. The zero-order chi connectivity index (χ0) is 13.7. The maximum absolute atomic E-state index is 5.76. The van der Waals surface area contributed by atoms with Crippen LogP contribution >= 0.6 is 0 Å². The first-order valence-corrected chi connectivity index (χ1v) is 6.72. The Morgan fingerprint density at radius 3 is 2.80 bits per heavy atom. The van der Waals surface area contributed by atoms with E-state index in [1.807, 2.05) is 28.9 Å². The Bertz CT molecular complexity index is 801. The van der Waals surface area contributed by atoms with Crippen molar-refractivity contribution in [3.8, 4) is 11.4 Å². The molecule has 1 aliphatic rings. The van der Waals surface area contributed by atoms with Crippen LogP contribution in [0.5, 0.6) is 0 Å². The Morgan fingerprint density at radius 1 is 1.20 bits per heavy atom. The second-order valence-corrected chi connectivity index (χ2v) is 5.65. The minimum atomic E-state index is 0.235. The van der Waals surface area contributed by atoms with Gasteiger partial charge in [-0.2, -0.15) is 0 Å². The van der Waals surface area contributed by atoms with Gasteiger partial charge in [0.2, 0.25) is 0 Å². The van der Waals surface area contributed by atoms with E-state index in [4.69, 9.17) is 5.73 Å². The van der Waals surface area contributed by atoms with Crippen LogP contribution in [0.25, 0.3) is 17.0 Å². The molecule has 100 valence electrons. The molecule has 5 heteroatoms. The van der Waals surface area contributed by atoms with Crippen LogP contribution in [-0.2, 0) is 5.41 Å². The molecule has 4 rings (SSSR count). The molecule has 0 saturated heterocycles. The van der Waals surface area contributed by atoms with Crippen LogP contribution < -0.4 is 5.73 Å². The Balaban J connectivity index is 1.91. The van der Waals surface area contributed by atoms with Gasteiger partial charge in [0.25, 0.3) is 0 Å². The van der Waals surface area contributed by atoms with Crippen molar-refractivity contribution in [1.29, 1.82) is 0 Å². The fourth-order valence-electron chi connectivity index (χ4n) is 2.43. The van der Waals surface area contributed by atoms with E-state index in [9.17, 15) is 0 Å². The van der Waals surface area contributed by atoms with Crippen LogP contribution in [0.1, 0.15) is 25.5 Å². The van der Waals surface area contributed by atoms with Crippen LogP contribution in [-0.4, -0.2) is 19.4 Å². The number of nitrogen functional groups attached to an aromatic ring is 1. The number of pyridine rings is 1. The van der Waals surface area contributed by atoms with Gasteiger partial charge in [-0.05, 0) is 25.0 Å². The van der Waals surface area contributed by atoms with Crippen LogP contribution in [0.15, 0.2) is 36.8 Å². The number of nitrogens with zero attached hydrogens (tertiary/aromatic N) is 4. The molecular formula is C15H15N5. The molecule has 20 heavy (non-hydrogen) atoms. The summed E-state index contributed by atoms with van der Waals surface area (Å²) in [5.74, 6) is 0.515. The average Bonchev–Trinajstić information content (AvgIpc) is 3.06. The number of nitrogens with two attached hydrogens (primary N) is 1. The highest BCUT2D eigenvalue weighted by Gasteiger charge is 2.40. The van der Waals surface area contributed by atoms with E-state index < -0.39 is 0 Å². The smallest absolute Gasteiger partial charge is 0.155 e. The van der Waals surface area contributed by atoms with E-state index in [-0.39, 0.29) is 5.41 Å². The highest BCUT2D eigenvalue weighted by atomic mass is 15.0. The summed E-state index contributed by atoms with van der Waals surface area (Å²) in [4.78, 5) is 13.3. The predicted octanol–water partition coefficient (Wildman–Crippen LogP) is 2.43. The molecule has 5 nitrogen and oxygen atoms in total. The molecule has 0 radical (unpaired) electrons. The van der Waals surface area contributed by atoms with Gasteiger partial charge in [0.15, 0.2) is 5.65 Å². The molecule has 3 heterocycles. The molecule has 1 aliphatic carbocycles. The summed E-state index contributed by atoms with van der Waals surface area (Å²) in [6, 6.07) is 5.63. The zero-order valence-electron chi connectivity index (χ0n) is 11.2. The standard InChI is InChI=1S/C15H15N5/c1-15(5-6-15)12-9-20-11(7-18-14(20)8-17-12)10-3-2-4-13(16)19-10/h2-4,7-9H,5-6H2,1H3,(H2,16,19). The van der Waals surface area contributed by atoms with Crippen molar-refractivity contribution in [1.82, 2.24) is 19.4 Å². The van der Waals surface area contributed by atoms with Crippen LogP contribution in [0.4, 0.5) is 5.82 Å². The molecule has 0 atom stereocenters.